The van der Waals surface area contributed by atoms with E-state index in [1.54, 1.807) is 0 Å². The van der Waals surface area contributed by atoms with E-state index >= 15 is 0 Å². The van der Waals surface area contributed by atoms with Crippen molar-refractivity contribution in [2.24, 2.45) is 0 Å². The fraction of sp³-hybridized carbons (Fsp3) is 0.750. The molecular formula is C12H17IN2O3. The average Bonchev–Trinajstić information content (AvgIpc) is 2.75. The predicted molar refractivity (Wildman–Crippen MR) is 73.4 cm³/mol. The van der Waals surface area contributed by atoms with E-state index in [4.69, 9.17) is 14.2 Å². The molecule has 0 spiro atoms. The minimum absolute atomic E-state index is 0.0609. The van der Waals surface area contributed by atoms with Crippen LogP contribution in [0.4, 0.5) is 0 Å². The lowest BCUT2D eigenvalue weighted by Crippen LogP contribution is -2.22. The topological polar surface area (TPSA) is 45.5 Å². The molecule has 2 aliphatic rings. The maximum atomic E-state index is 5.77. The van der Waals surface area contributed by atoms with Crippen molar-refractivity contribution in [3.63, 3.8) is 0 Å². The van der Waals surface area contributed by atoms with Gasteiger partial charge in [0, 0.05) is 19.6 Å². The van der Waals surface area contributed by atoms with Crippen LogP contribution in [0.5, 0.6) is 5.88 Å². The van der Waals surface area contributed by atoms with Gasteiger partial charge in [-0.25, -0.2) is 4.68 Å². The standard InChI is InChI=1S/C12H17IN2O3/c13-11-9(8-18-10-4-1-2-6-16-10)14-15-5-3-7-17-12(11)15/h10H,1-8H2. The predicted octanol–water partition coefficient (Wildman–Crippen LogP) is 2.31. The molecule has 1 unspecified atom stereocenters. The van der Waals surface area contributed by atoms with Crippen LogP contribution in [0.25, 0.3) is 0 Å². The second kappa shape index (κ2) is 5.75. The Labute approximate surface area is 120 Å². The molecule has 0 amide bonds. The largest absolute Gasteiger partial charge is 0.477 e. The second-order valence-electron chi connectivity index (χ2n) is 4.60. The number of halogens is 1. The number of rotatable bonds is 3. The molecule has 0 N–H and O–H groups in total. The first-order valence-corrected chi connectivity index (χ1v) is 7.53. The van der Waals surface area contributed by atoms with E-state index in [0.29, 0.717) is 6.61 Å². The van der Waals surface area contributed by atoms with Crippen molar-refractivity contribution in [1.82, 2.24) is 9.78 Å². The van der Waals surface area contributed by atoms with Crippen molar-refractivity contribution >= 4 is 22.6 Å². The Hall–Kier alpha value is -0.340. The lowest BCUT2D eigenvalue weighted by molar-refractivity contribution is -0.169. The molecule has 100 valence electrons. The highest BCUT2D eigenvalue weighted by atomic mass is 127. The fourth-order valence-electron chi connectivity index (χ4n) is 2.25. The Balaban J connectivity index is 1.63. The molecule has 0 bridgehead atoms. The minimum atomic E-state index is -0.0609. The summed E-state index contributed by atoms with van der Waals surface area (Å²) in [4.78, 5) is 0. The molecule has 0 aliphatic carbocycles. The van der Waals surface area contributed by atoms with Crippen LogP contribution in [-0.2, 0) is 22.6 Å². The van der Waals surface area contributed by atoms with Gasteiger partial charge in [0.05, 0.1) is 13.2 Å². The van der Waals surface area contributed by atoms with Crippen molar-refractivity contribution in [3.8, 4) is 5.88 Å². The summed E-state index contributed by atoms with van der Waals surface area (Å²) in [6, 6.07) is 0. The molecule has 0 radical (unpaired) electrons. The van der Waals surface area contributed by atoms with Gasteiger partial charge in [0.25, 0.3) is 0 Å². The zero-order valence-corrected chi connectivity index (χ0v) is 12.4. The van der Waals surface area contributed by atoms with Crippen molar-refractivity contribution in [1.29, 1.82) is 0 Å². The summed E-state index contributed by atoms with van der Waals surface area (Å²) >= 11 is 2.28. The van der Waals surface area contributed by atoms with Crippen molar-refractivity contribution in [2.45, 2.75) is 45.1 Å². The van der Waals surface area contributed by atoms with Crippen LogP contribution in [0, 0.1) is 3.57 Å². The maximum absolute atomic E-state index is 5.77. The molecule has 18 heavy (non-hydrogen) atoms. The molecule has 3 heterocycles. The van der Waals surface area contributed by atoms with E-state index in [9.17, 15) is 0 Å². The zero-order chi connectivity index (χ0) is 12.4. The van der Waals surface area contributed by atoms with Gasteiger partial charge in [-0.3, -0.25) is 0 Å². The molecule has 5 nitrogen and oxygen atoms in total. The van der Waals surface area contributed by atoms with Crippen LogP contribution in [0.3, 0.4) is 0 Å². The Morgan fingerprint density at radius 2 is 2.28 bits per heavy atom. The summed E-state index contributed by atoms with van der Waals surface area (Å²) in [5.41, 5.74) is 0.960. The number of nitrogens with zero attached hydrogens (tertiary/aromatic N) is 2. The minimum Gasteiger partial charge on any atom is -0.477 e. The lowest BCUT2D eigenvalue weighted by atomic mass is 10.2. The van der Waals surface area contributed by atoms with E-state index in [1.807, 2.05) is 4.68 Å². The van der Waals surface area contributed by atoms with Gasteiger partial charge in [0.15, 0.2) is 6.29 Å². The number of hydrogen-bond acceptors (Lipinski definition) is 4. The van der Waals surface area contributed by atoms with E-state index in [2.05, 4.69) is 27.7 Å². The van der Waals surface area contributed by atoms with Crippen LogP contribution < -0.4 is 4.74 Å². The van der Waals surface area contributed by atoms with E-state index in [-0.39, 0.29) is 6.29 Å². The van der Waals surface area contributed by atoms with Crippen LogP contribution in [-0.4, -0.2) is 29.3 Å². The molecule has 6 heteroatoms. The van der Waals surface area contributed by atoms with Gasteiger partial charge in [-0.1, -0.05) is 0 Å². The van der Waals surface area contributed by atoms with Gasteiger partial charge in [-0.15, -0.1) is 0 Å². The van der Waals surface area contributed by atoms with Crippen LogP contribution in [0.15, 0.2) is 0 Å². The third-order valence-electron chi connectivity index (χ3n) is 3.21. The molecule has 1 fully saturated rings. The fourth-order valence-corrected chi connectivity index (χ4v) is 2.95. The molecular weight excluding hydrogens is 347 g/mol. The average molecular weight is 364 g/mol. The highest BCUT2D eigenvalue weighted by molar-refractivity contribution is 14.1. The Kier molecular flexibility index (Phi) is 4.05. The third-order valence-corrected chi connectivity index (χ3v) is 4.30. The molecule has 1 aromatic rings. The molecule has 3 rings (SSSR count). The van der Waals surface area contributed by atoms with Crippen molar-refractivity contribution in [3.05, 3.63) is 9.26 Å². The maximum Gasteiger partial charge on any atom is 0.225 e. The number of fused-ring (bicyclic) bond motifs is 1. The van der Waals surface area contributed by atoms with Crippen LogP contribution in [0.1, 0.15) is 31.4 Å². The molecule has 0 aromatic carbocycles. The summed E-state index contributed by atoms with van der Waals surface area (Å²) < 4.78 is 20.0. The van der Waals surface area contributed by atoms with E-state index in [0.717, 1.165) is 54.2 Å². The number of aromatic nitrogens is 2. The first-order valence-electron chi connectivity index (χ1n) is 6.46. The smallest absolute Gasteiger partial charge is 0.225 e. The number of aryl methyl sites for hydroxylation is 1. The summed E-state index contributed by atoms with van der Waals surface area (Å²) in [5.74, 6) is 0.894. The van der Waals surface area contributed by atoms with Crippen molar-refractivity contribution in [2.75, 3.05) is 13.2 Å². The third kappa shape index (κ3) is 2.65. The van der Waals surface area contributed by atoms with Gasteiger partial charge < -0.3 is 14.2 Å². The Morgan fingerprint density at radius 3 is 3.06 bits per heavy atom. The van der Waals surface area contributed by atoms with Gasteiger partial charge in [0.2, 0.25) is 5.88 Å². The quantitative estimate of drug-likeness (QED) is 0.773. The molecule has 2 aliphatic heterocycles. The molecule has 1 aromatic heterocycles. The van der Waals surface area contributed by atoms with Gasteiger partial charge in [-0.2, -0.15) is 5.10 Å². The highest BCUT2D eigenvalue weighted by Crippen LogP contribution is 2.28. The summed E-state index contributed by atoms with van der Waals surface area (Å²) in [6.07, 6.45) is 4.28. The monoisotopic (exact) mass is 364 g/mol. The lowest BCUT2D eigenvalue weighted by Gasteiger charge is -2.22. The van der Waals surface area contributed by atoms with E-state index < -0.39 is 0 Å². The first kappa shape index (κ1) is 12.7. The SMILES string of the molecule is Ic1c(COC2CCCCO2)nn2c1OCCC2. The Bertz CT molecular complexity index is 416. The van der Waals surface area contributed by atoms with E-state index in [1.165, 1.54) is 6.42 Å². The van der Waals surface area contributed by atoms with Crippen LogP contribution in [0.2, 0.25) is 0 Å². The molecule has 0 saturated carbocycles. The Morgan fingerprint density at radius 1 is 1.33 bits per heavy atom. The number of hydrogen-bond donors (Lipinski definition) is 0. The van der Waals surface area contributed by atoms with Crippen LogP contribution >= 0.6 is 22.6 Å². The highest BCUT2D eigenvalue weighted by Gasteiger charge is 2.21. The first-order chi connectivity index (χ1) is 8.84. The van der Waals surface area contributed by atoms with Gasteiger partial charge >= 0.3 is 0 Å². The summed E-state index contributed by atoms with van der Waals surface area (Å²) in [7, 11) is 0. The molecule has 1 atom stereocenters. The van der Waals surface area contributed by atoms with Crippen molar-refractivity contribution < 1.29 is 14.2 Å². The zero-order valence-electron chi connectivity index (χ0n) is 10.2. The molecule has 1 saturated heterocycles. The summed E-state index contributed by atoms with van der Waals surface area (Å²) in [5, 5.41) is 4.54. The normalized spacial score (nSPS) is 23.5. The van der Waals surface area contributed by atoms with Gasteiger partial charge in [-0.05, 0) is 41.9 Å². The second-order valence-corrected chi connectivity index (χ2v) is 5.68. The number of ether oxygens (including phenoxy) is 3. The van der Waals surface area contributed by atoms with Gasteiger partial charge in [0.1, 0.15) is 9.26 Å². The summed E-state index contributed by atoms with van der Waals surface area (Å²) in [6.45, 7) is 3.04.